The van der Waals surface area contributed by atoms with Crippen LogP contribution in [0.4, 0.5) is 8.78 Å². The molecule has 6 heteroatoms. The molecule has 0 N–H and O–H groups in total. The molecule has 0 amide bonds. The SMILES string of the molecule is COc1c(I)cnc(C(F)F)c1CC#N. The number of hydrogen-bond donors (Lipinski definition) is 0. The van der Waals surface area contributed by atoms with Crippen molar-refractivity contribution in [2.24, 2.45) is 0 Å². The number of nitriles is 1. The molecule has 0 aliphatic carbocycles. The monoisotopic (exact) mass is 324 g/mol. The number of ether oxygens (including phenoxy) is 1. The first kappa shape index (κ1) is 12.1. The fourth-order valence-corrected chi connectivity index (χ4v) is 1.87. The lowest BCUT2D eigenvalue weighted by Gasteiger charge is -2.11. The van der Waals surface area contributed by atoms with Crippen molar-refractivity contribution in [2.75, 3.05) is 7.11 Å². The zero-order valence-electron chi connectivity index (χ0n) is 7.80. The van der Waals surface area contributed by atoms with Crippen molar-refractivity contribution in [3.63, 3.8) is 0 Å². The summed E-state index contributed by atoms with van der Waals surface area (Å²) in [5.74, 6) is 0.308. The van der Waals surface area contributed by atoms with Crippen molar-refractivity contribution >= 4 is 22.6 Å². The van der Waals surface area contributed by atoms with Gasteiger partial charge in [0.15, 0.2) is 0 Å². The maximum atomic E-state index is 12.6. The van der Waals surface area contributed by atoms with E-state index < -0.39 is 6.43 Å². The van der Waals surface area contributed by atoms with Crippen LogP contribution >= 0.6 is 22.6 Å². The first-order valence-corrected chi connectivity index (χ1v) is 5.06. The highest BCUT2D eigenvalue weighted by molar-refractivity contribution is 14.1. The number of aromatic nitrogens is 1. The van der Waals surface area contributed by atoms with Gasteiger partial charge in [0.2, 0.25) is 0 Å². The second-order valence-corrected chi connectivity index (χ2v) is 3.80. The normalized spacial score (nSPS) is 10.1. The molecule has 15 heavy (non-hydrogen) atoms. The van der Waals surface area contributed by atoms with Crippen LogP contribution in [0.15, 0.2) is 6.20 Å². The van der Waals surface area contributed by atoms with Gasteiger partial charge in [-0.3, -0.25) is 4.98 Å². The third-order valence-corrected chi connectivity index (χ3v) is 2.55. The van der Waals surface area contributed by atoms with Crippen molar-refractivity contribution < 1.29 is 13.5 Å². The zero-order chi connectivity index (χ0) is 11.4. The first-order valence-electron chi connectivity index (χ1n) is 3.98. The Hall–Kier alpha value is -0.970. The molecule has 0 bridgehead atoms. The molecular weight excluding hydrogens is 317 g/mol. The zero-order valence-corrected chi connectivity index (χ0v) is 9.96. The maximum Gasteiger partial charge on any atom is 0.280 e. The molecule has 0 unspecified atom stereocenters. The number of alkyl halides is 2. The van der Waals surface area contributed by atoms with Crippen LogP contribution in [0.3, 0.4) is 0 Å². The Bertz CT molecular complexity index is 404. The van der Waals surface area contributed by atoms with Gasteiger partial charge >= 0.3 is 0 Å². The van der Waals surface area contributed by atoms with Gasteiger partial charge < -0.3 is 4.74 Å². The van der Waals surface area contributed by atoms with Crippen molar-refractivity contribution in [3.05, 3.63) is 21.0 Å². The molecule has 0 saturated heterocycles. The number of hydrogen-bond acceptors (Lipinski definition) is 3. The minimum atomic E-state index is -2.70. The van der Waals surface area contributed by atoms with Gasteiger partial charge in [-0.05, 0) is 22.6 Å². The van der Waals surface area contributed by atoms with E-state index in [4.69, 9.17) is 10.00 Å². The Morgan fingerprint density at radius 1 is 1.67 bits per heavy atom. The average Bonchev–Trinajstić information content (AvgIpc) is 2.18. The molecule has 1 heterocycles. The summed E-state index contributed by atoms with van der Waals surface area (Å²) in [6.45, 7) is 0. The van der Waals surface area contributed by atoms with E-state index in [-0.39, 0.29) is 17.7 Å². The first-order chi connectivity index (χ1) is 7.11. The van der Waals surface area contributed by atoms with E-state index in [0.29, 0.717) is 9.32 Å². The Labute approximate surface area is 99.2 Å². The van der Waals surface area contributed by atoms with Gasteiger partial charge in [-0.25, -0.2) is 8.78 Å². The smallest absolute Gasteiger partial charge is 0.280 e. The lowest BCUT2D eigenvalue weighted by molar-refractivity contribution is 0.144. The van der Waals surface area contributed by atoms with Crippen LogP contribution in [0.1, 0.15) is 17.7 Å². The quantitative estimate of drug-likeness (QED) is 0.803. The molecule has 1 aromatic heterocycles. The lowest BCUT2D eigenvalue weighted by atomic mass is 10.1. The van der Waals surface area contributed by atoms with Crippen LogP contribution < -0.4 is 4.74 Å². The number of rotatable bonds is 3. The van der Waals surface area contributed by atoms with Crippen LogP contribution in [0, 0.1) is 14.9 Å². The molecule has 0 atom stereocenters. The summed E-state index contributed by atoms with van der Waals surface area (Å²) in [5, 5.41) is 8.56. The van der Waals surface area contributed by atoms with E-state index in [2.05, 4.69) is 4.98 Å². The van der Waals surface area contributed by atoms with E-state index in [9.17, 15) is 8.78 Å². The summed E-state index contributed by atoms with van der Waals surface area (Å²) >= 11 is 1.92. The van der Waals surface area contributed by atoms with Crippen molar-refractivity contribution in [2.45, 2.75) is 12.8 Å². The largest absolute Gasteiger partial charge is 0.495 e. The van der Waals surface area contributed by atoms with E-state index in [1.165, 1.54) is 13.3 Å². The summed E-state index contributed by atoms with van der Waals surface area (Å²) in [5.41, 5.74) is -0.212. The van der Waals surface area contributed by atoms with Crippen LogP contribution in [-0.2, 0) is 6.42 Å². The van der Waals surface area contributed by atoms with Crippen LogP contribution in [0.2, 0.25) is 0 Å². The summed E-state index contributed by atoms with van der Waals surface area (Å²) in [7, 11) is 1.38. The summed E-state index contributed by atoms with van der Waals surface area (Å²) in [4.78, 5) is 3.62. The maximum absolute atomic E-state index is 12.6. The lowest BCUT2D eigenvalue weighted by Crippen LogP contribution is -2.03. The molecule has 0 fully saturated rings. The van der Waals surface area contributed by atoms with Gasteiger partial charge in [0.05, 0.1) is 23.2 Å². The number of pyridine rings is 1. The molecule has 1 rings (SSSR count). The Balaban J connectivity index is 3.36. The number of halogens is 3. The molecule has 3 nitrogen and oxygen atoms in total. The Morgan fingerprint density at radius 2 is 2.33 bits per heavy atom. The van der Waals surface area contributed by atoms with Crippen LogP contribution in [-0.4, -0.2) is 12.1 Å². The topological polar surface area (TPSA) is 45.9 Å². The number of nitrogens with zero attached hydrogens (tertiary/aromatic N) is 2. The second kappa shape index (κ2) is 5.21. The molecule has 0 saturated carbocycles. The minimum Gasteiger partial charge on any atom is -0.495 e. The molecule has 0 aliphatic heterocycles. The van der Waals surface area contributed by atoms with Crippen molar-refractivity contribution in [1.29, 1.82) is 5.26 Å². The fraction of sp³-hybridized carbons (Fsp3) is 0.333. The second-order valence-electron chi connectivity index (χ2n) is 2.64. The molecule has 0 radical (unpaired) electrons. The molecule has 80 valence electrons. The van der Waals surface area contributed by atoms with Gasteiger partial charge in [0.1, 0.15) is 11.4 Å². The van der Waals surface area contributed by atoms with Gasteiger partial charge in [-0.2, -0.15) is 5.26 Å². The Morgan fingerprint density at radius 3 is 2.80 bits per heavy atom. The third kappa shape index (κ3) is 2.53. The van der Waals surface area contributed by atoms with E-state index in [0.717, 1.165) is 0 Å². The minimum absolute atomic E-state index is 0.132. The Kier molecular flexibility index (Phi) is 4.20. The van der Waals surface area contributed by atoms with Crippen molar-refractivity contribution in [1.82, 2.24) is 4.98 Å². The third-order valence-electron chi connectivity index (χ3n) is 1.78. The summed E-state index contributed by atoms with van der Waals surface area (Å²) < 4.78 is 30.7. The fourth-order valence-electron chi connectivity index (χ4n) is 1.18. The average molecular weight is 324 g/mol. The van der Waals surface area contributed by atoms with Gasteiger partial charge in [-0.15, -0.1) is 0 Å². The highest BCUT2D eigenvalue weighted by Gasteiger charge is 2.20. The molecule has 0 aliphatic rings. The predicted molar refractivity (Wildman–Crippen MR) is 57.8 cm³/mol. The van der Waals surface area contributed by atoms with Crippen LogP contribution in [0.25, 0.3) is 0 Å². The standard InChI is InChI=1S/C9H7F2IN2O/c1-15-8-5(2-3-13)7(9(10)11)14-4-6(8)12/h4,9H,2H2,1H3. The molecular formula is C9H7F2IN2O. The predicted octanol–water partition coefficient (Wildman–Crippen LogP) is 2.70. The van der Waals surface area contributed by atoms with Gasteiger partial charge in [0, 0.05) is 11.8 Å². The van der Waals surface area contributed by atoms with Gasteiger partial charge in [-0.1, -0.05) is 0 Å². The highest BCUT2D eigenvalue weighted by atomic mass is 127. The molecule has 0 aromatic carbocycles. The van der Waals surface area contributed by atoms with Gasteiger partial charge in [0.25, 0.3) is 6.43 Å². The van der Waals surface area contributed by atoms with E-state index in [1.807, 2.05) is 28.7 Å². The van der Waals surface area contributed by atoms with Crippen LogP contribution in [0.5, 0.6) is 5.75 Å². The number of methoxy groups -OCH3 is 1. The molecule has 1 aromatic rings. The summed E-state index contributed by atoms with van der Waals surface area (Å²) in [6, 6.07) is 1.82. The highest BCUT2D eigenvalue weighted by Crippen LogP contribution is 2.31. The van der Waals surface area contributed by atoms with Crippen molar-refractivity contribution in [3.8, 4) is 11.8 Å². The molecule has 0 spiro atoms. The van der Waals surface area contributed by atoms with E-state index >= 15 is 0 Å². The van der Waals surface area contributed by atoms with E-state index in [1.54, 1.807) is 0 Å². The summed E-state index contributed by atoms with van der Waals surface area (Å²) in [6.07, 6.45) is -1.52.